The Balaban J connectivity index is 2.02. The number of benzene rings is 2. The van der Waals surface area contributed by atoms with E-state index in [1.165, 1.54) is 0 Å². The van der Waals surface area contributed by atoms with Gasteiger partial charge in [-0.15, -0.1) is 0 Å². The van der Waals surface area contributed by atoms with Crippen molar-refractivity contribution in [2.24, 2.45) is 0 Å². The molecule has 0 unspecified atom stereocenters. The van der Waals surface area contributed by atoms with E-state index in [1.807, 2.05) is 0 Å². The Morgan fingerprint density at radius 1 is 1.12 bits per heavy atom. The fourth-order valence-electron chi connectivity index (χ4n) is 2.31. The average molecular weight is 424 g/mol. The van der Waals surface area contributed by atoms with Crippen molar-refractivity contribution in [3.8, 4) is 29.1 Å². The van der Waals surface area contributed by atoms with E-state index in [9.17, 15) is 8.42 Å². The van der Waals surface area contributed by atoms with Gasteiger partial charge in [0.2, 0.25) is 0 Å². The van der Waals surface area contributed by atoms with E-state index in [0.717, 1.165) is 4.47 Å². The summed E-state index contributed by atoms with van der Waals surface area (Å²) in [5, 5.41) is 0. The van der Waals surface area contributed by atoms with E-state index in [1.54, 1.807) is 50.6 Å². The third kappa shape index (κ3) is 4.07. The highest BCUT2D eigenvalue weighted by Crippen LogP contribution is 2.33. The van der Waals surface area contributed by atoms with Gasteiger partial charge in [-0.1, -0.05) is 27.8 Å². The van der Waals surface area contributed by atoms with Gasteiger partial charge in [0.05, 0.1) is 14.2 Å². The Morgan fingerprint density at radius 2 is 1.80 bits per heavy atom. The van der Waals surface area contributed by atoms with Crippen molar-refractivity contribution in [2.45, 2.75) is 6.04 Å². The first-order valence-corrected chi connectivity index (χ1v) is 9.36. The van der Waals surface area contributed by atoms with Crippen LogP contribution in [0.4, 0.5) is 0 Å². The second-order valence-corrected chi connectivity index (χ2v) is 7.37. The zero-order chi connectivity index (χ0) is 18.0. The van der Waals surface area contributed by atoms with Crippen LogP contribution in [0.25, 0.3) is 0 Å². The number of rotatable bonds is 2. The summed E-state index contributed by atoms with van der Waals surface area (Å²) in [4.78, 5) is 0. The van der Waals surface area contributed by atoms with E-state index in [2.05, 4.69) is 32.5 Å². The smallest absolute Gasteiger partial charge is 0.384 e. The lowest BCUT2D eigenvalue weighted by molar-refractivity contribution is 0.394. The summed E-state index contributed by atoms with van der Waals surface area (Å²) in [7, 11) is -0.809. The molecule has 6 nitrogen and oxygen atoms in total. The van der Waals surface area contributed by atoms with Crippen LogP contribution in [0.1, 0.15) is 17.2 Å². The molecule has 0 fully saturated rings. The summed E-state index contributed by atoms with van der Waals surface area (Å²) in [6.45, 7) is 0. The van der Waals surface area contributed by atoms with E-state index in [0.29, 0.717) is 22.6 Å². The average Bonchev–Trinajstić information content (AvgIpc) is 2.59. The molecule has 0 saturated heterocycles. The number of ether oxygens (including phenoxy) is 2. The minimum Gasteiger partial charge on any atom is -0.497 e. The normalized spacial score (nSPS) is 17.5. The van der Waals surface area contributed by atoms with Crippen molar-refractivity contribution in [1.82, 2.24) is 4.72 Å². The standard InChI is InChI=1S/C17H14BrNO5S/c1-22-13-7-11(8-14(10-13)23-2)3-5-16-15-9-12(18)4-6-17(15)24-25(20,21)19-16/h4,6-10,16,19H,1-2H3/t16-/m0/s1. The number of nitrogens with one attached hydrogen (secondary N) is 1. The predicted molar refractivity (Wildman–Crippen MR) is 96.0 cm³/mol. The van der Waals surface area contributed by atoms with Crippen LogP contribution < -0.4 is 18.4 Å². The van der Waals surface area contributed by atoms with E-state index < -0.39 is 16.3 Å². The summed E-state index contributed by atoms with van der Waals surface area (Å²) in [6.07, 6.45) is 0. The minimum atomic E-state index is -3.91. The zero-order valence-corrected chi connectivity index (χ0v) is 15.8. The molecular formula is C17H14BrNO5S. The molecular weight excluding hydrogens is 410 g/mol. The van der Waals surface area contributed by atoms with Crippen LogP contribution in [0.2, 0.25) is 0 Å². The Labute approximate surface area is 154 Å². The van der Waals surface area contributed by atoms with Crippen LogP contribution in [0.3, 0.4) is 0 Å². The van der Waals surface area contributed by atoms with Crippen LogP contribution in [0.15, 0.2) is 40.9 Å². The highest BCUT2D eigenvalue weighted by molar-refractivity contribution is 9.10. The monoisotopic (exact) mass is 423 g/mol. The maximum Gasteiger partial charge on any atom is 0.384 e. The number of methoxy groups -OCH3 is 2. The topological polar surface area (TPSA) is 73.9 Å². The van der Waals surface area contributed by atoms with Gasteiger partial charge in [-0.3, -0.25) is 0 Å². The summed E-state index contributed by atoms with van der Waals surface area (Å²) in [5.41, 5.74) is 1.27. The number of halogens is 1. The van der Waals surface area contributed by atoms with Gasteiger partial charge in [0, 0.05) is 21.7 Å². The maximum absolute atomic E-state index is 11.9. The van der Waals surface area contributed by atoms with Gasteiger partial charge in [0.25, 0.3) is 0 Å². The second-order valence-electron chi connectivity index (χ2n) is 5.14. The molecule has 0 aliphatic carbocycles. The molecule has 3 rings (SSSR count). The number of hydrogen-bond donors (Lipinski definition) is 1. The molecule has 0 aromatic heterocycles. The molecule has 0 radical (unpaired) electrons. The third-order valence-corrected chi connectivity index (χ3v) is 4.87. The van der Waals surface area contributed by atoms with Gasteiger partial charge in [0.15, 0.2) is 0 Å². The van der Waals surface area contributed by atoms with Crippen molar-refractivity contribution < 1.29 is 22.1 Å². The largest absolute Gasteiger partial charge is 0.497 e. The molecule has 2 aromatic carbocycles. The molecule has 1 heterocycles. The van der Waals surface area contributed by atoms with E-state index >= 15 is 0 Å². The fourth-order valence-corrected chi connectivity index (χ4v) is 3.60. The first kappa shape index (κ1) is 17.6. The third-order valence-electron chi connectivity index (χ3n) is 3.46. The summed E-state index contributed by atoms with van der Waals surface area (Å²) in [5.74, 6) is 7.33. The Morgan fingerprint density at radius 3 is 2.44 bits per heavy atom. The summed E-state index contributed by atoms with van der Waals surface area (Å²) in [6, 6.07) is 9.54. The van der Waals surface area contributed by atoms with Gasteiger partial charge < -0.3 is 13.7 Å². The second kappa shape index (κ2) is 6.96. The lowest BCUT2D eigenvalue weighted by atomic mass is 10.1. The van der Waals surface area contributed by atoms with Crippen LogP contribution in [-0.2, 0) is 10.3 Å². The van der Waals surface area contributed by atoms with Crippen LogP contribution >= 0.6 is 15.9 Å². The highest BCUT2D eigenvalue weighted by Gasteiger charge is 2.29. The molecule has 0 saturated carbocycles. The molecule has 130 valence electrons. The Bertz CT molecular complexity index is 956. The van der Waals surface area contributed by atoms with E-state index in [4.69, 9.17) is 13.7 Å². The lowest BCUT2D eigenvalue weighted by Gasteiger charge is -2.22. The van der Waals surface area contributed by atoms with Crippen molar-refractivity contribution in [3.63, 3.8) is 0 Å². The first-order valence-electron chi connectivity index (χ1n) is 7.16. The highest BCUT2D eigenvalue weighted by atomic mass is 79.9. The molecule has 0 bridgehead atoms. The van der Waals surface area contributed by atoms with Gasteiger partial charge in [-0.25, -0.2) is 0 Å². The summed E-state index contributed by atoms with van der Waals surface area (Å²) >= 11 is 3.37. The molecule has 8 heteroatoms. The van der Waals surface area contributed by atoms with E-state index in [-0.39, 0.29) is 5.75 Å². The maximum atomic E-state index is 11.9. The van der Waals surface area contributed by atoms with Crippen molar-refractivity contribution >= 4 is 26.2 Å². The first-order chi connectivity index (χ1) is 11.9. The zero-order valence-electron chi connectivity index (χ0n) is 13.4. The van der Waals surface area contributed by atoms with Gasteiger partial charge in [-0.05, 0) is 30.3 Å². The molecule has 0 amide bonds. The van der Waals surface area contributed by atoms with Crippen LogP contribution in [-0.4, -0.2) is 22.6 Å². The Kier molecular flexibility index (Phi) is 4.90. The van der Waals surface area contributed by atoms with Crippen LogP contribution in [0, 0.1) is 11.8 Å². The van der Waals surface area contributed by atoms with Crippen LogP contribution in [0.5, 0.6) is 17.2 Å². The molecule has 1 N–H and O–H groups in total. The van der Waals surface area contributed by atoms with Crippen molar-refractivity contribution in [1.29, 1.82) is 0 Å². The molecule has 0 spiro atoms. The van der Waals surface area contributed by atoms with Gasteiger partial charge in [-0.2, -0.15) is 13.1 Å². The minimum absolute atomic E-state index is 0.254. The molecule has 1 atom stereocenters. The van der Waals surface area contributed by atoms with Crippen molar-refractivity contribution in [2.75, 3.05) is 14.2 Å². The molecule has 1 aliphatic heterocycles. The fraction of sp³-hybridized carbons (Fsp3) is 0.176. The Hall–Kier alpha value is -2.21. The number of hydrogen-bond acceptors (Lipinski definition) is 5. The lowest BCUT2D eigenvalue weighted by Crippen LogP contribution is -2.36. The SMILES string of the molecule is COc1cc(C#C[C@@H]2NS(=O)(=O)Oc3ccc(Br)cc32)cc(OC)c1. The molecule has 2 aromatic rings. The molecule has 1 aliphatic rings. The quantitative estimate of drug-likeness (QED) is 0.751. The van der Waals surface area contributed by atoms with Gasteiger partial charge in [0.1, 0.15) is 23.3 Å². The summed E-state index contributed by atoms with van der Waals surface area (Å²) < 4.78 is 42.3. The molecule has 25 heavy (non-hydrogen) atoms. The van der Waals surface area contributed by atoms with Gasteiger partial charge >= 0.3 is 10.3 Å². The predicted octanol–water partition coefficient (Wildman–Crippen LogP) is 2.79. The number of fused-ring (bicyclic) bond motifs is 1. The van der Waals surface area contributed by atoms with Crippen molar-refractivity contribution in [3.05, 3.63) is 52.0 Å².